The van der Waals surface area contributed by atoms with Crippen LogP contribution in [0.25, 0.3) is 0 Å². The van der Waals surface area contributed by atoms with E-state index in [9.17, 15) is 4.79 Å². The third-order valence-corrected chi connectivity index (χ3v) is 6.20. The quantitative estimate of drug-likeness (QED) is 0.527. The van der Waals surface area contributed by atoms with E-state index in [4.69, 9.17) is 4.99 Å². The van der Waals surface area contributed by atoms with Crippen LogP contribution in [0.1, 0.15) is 65.7 Å². The number of amides is 1. The fraction of sp³-hybridized carbons (Fsp3) is 0.905. The molecular weight excluding hydrogens is 338 g/mol. The van der Waals surface area contributed by atoms with Crippen molar-refractivity contribution in [3.05, 3.63) is 0 Å². The van der Waals surface area contributed by atoms with Gasteiger partial charge in [0.2, 0.25) is 5.91 Å². The van der Waals surface area contributed by atoms with E-state index in [1.165, 1.54) is 32.4 Å². The number of aliphatic imine (C=N–C) groups is 1. The fourth-order valence-corrected chi connectivity index (χ4v) is 4.46. The molecule has 1 aliphatic carbocycles. The Morgan fingerprint density at radius 1 is 1.07 bits per heavy atom. The topological polar surface area (TPSA) is 60.0 Å². The van der Waals surface area contributed by atoms with Gasteiger partial charge in [-0.15, -0.1) is 0 Å². The van der Waals surface area contributed by atoms with Crippen LogP contribution in [0.3, 0.4) is 0 Å². The summed E-state index contributed by atoms with van der Waals surface area (Å²) >= 11 is 0. The van der Waals surface area contributed by atoms with Crippen molar-refractivity contribution in [2.45, 2.75) is 71.3 Å². The van der Waals surface area contributed by atoms with Crippen molar-refractivity contribution < 1.29 is 4.79 Å². The molecule has 0 atom stereocenters. The molecule has 27 heavy (non-hydrogen) atoms. The first-order valence-corrected chi connectivity index (χ1v) is 10.8. The van der Waals surface area contributed by atoms with Gasteiger partial charge in [0.25, 0.3) is 0 Å². The molecule has 0 radical (unpaired) electrons. The highest BCUT2D eigenvalue weighted by Gasteiger charge is 2.42. The number of carbonyl (C=O) groups is 1. The van der Waals surface area contributed by atoms with E-state index < -0.39 is 0 Å². The maximum Gasteiger partial charge on any atom is 0.230 e. The average Bonchev–Trinajstić information content (AvgIpc) is 3.14. The average molecular weight is 380 g/mol. The van der Waals surface area contributed by atoms with E-state index in [2.05, 4.69) is 36.3 Å². The zero-order valence-corrected chi connectivity index (χ0v) is 18.2. The number of hydrogen-bond donors (Lipinski definition) is 2. The normalized spacial score (nSPS) is 21.1. The van der Waals surface area contributed by atoms with Gasteiger partial charge in [0.1, 0.15) is 0 Å². The molecule has 6 heteroatoms. The van der Waals surface area contributed by atoms with Gasteiger partial charge in [0.15, 0.2) is 5.96 Å². The molecule has 1 amide bonds. The molecule has 1 heterocycles. The van der Waals surface area contributed by atoms with Gasteiger partial charge in [-0.2, -0.15) is 0 Å². The SMILES string of the molecule is CCNC(=NCC(C)(C)N1CCCCC1)NCC1(C(=O)N(C)C)CCCC1. The van der Waals surface area contributed by atoms with Gasteiger partial charge in [-0.25, -0.2) is 0 Å². The van der Waals surface area contributed by atoms with Crippen LogP contribution >= 0.6 is 0 Å². The summed E-state index contributed by atoms with van der Waals surface area (Å²) in [6, 6.07) is 0. The molecule has 0 aromatic rings. The summed E-state index contributed by atoms with van der Waals surface area (Å²) in [6.07, 6.45) is 8.14. The molecule has 156 valence electrons. The number of nitrogens with one attached hydrogen (secondary N) is 2. The smallest absolute Gasteiger partial charge is 0.230 e. The van der Waals surface area contributed by atoms with Crippen molar-refractivity contribution >= 4 is 11.9 Å². The van der Waals surface area contributed by atoms with Crippen LogP contribution in [0.2, 0.25) is 0 Å². The molecule has 0 unspecified atom stereocenters. The molecule has 1 aliphatic heterocycles. The Hall–Kier alpha value is -1.30. The van der Waals surface area contributed by atoms with Crippen LogP contribution in [0, 0.1) is 5.41 Å². The molecule has 1 saturated heterocycles. The van der Waals surface area contributed by atoms with Crippen LogP contribution < -0.4 is 10.6 Å². The largest absolute Gasteiger partial charge is 0.357 e. The molecule has 6 nitrogen and oxygen atoms in total. The van der Waals surface area contributed by atoms with E-state index in [1.54, 1.807) is 4.90 Å². The first kappa shape index (κ1) is 22.0. The molecule has 2 N–H and O–H groups in total. The third kappa shape index (κ3) is 5.84. The molecule has 0 spiro atoms. The molecule has 1 saturated carbocycles. The summed E-state index contributed by atoms with van der Waals surface area (Å²) in [5.41, 5.74) is -0.213. The number of likely N-dealkylation sites (tertiary alicyclic amines) is 1. The maximum absolute atomic E-state index is 12.8. The number of carbonyl (C=O) groups excluding carboxylic acids is 1. The Balaban J connectivity index is 2.01. The first-order chi connectivity index (χ1) is 12.8. The Morgan fingerprint density at radius 2 is 1.70 bits per heavy atom. The minimum atomic E-state index is -0.276. The number of hydrogen-bond acceptors (Lipinski definition) is 3. The lowest BCUT2D eigenvalue weighted by Crippen LogP contribution is -2.51. The minimum absolute atomic E-state index is 0.0628. The van der Waals surface area contributed by atoms with Crippen LogP contribution in [-0.4, -0.2) is 74.0 Å². The highest BCUT2D eigenvalue weighted by Crippen LogP contribution is 2.38. The van der Waals surface area contributed by atoms with E-state index in [0.717, 1.165) is 44.7 Å². The van der Waals surface area contributed by atoms with E-state index in [1.807, 2.05) is 14.1 Å². The summed E-state index contributed by atoms with van der Waals surface area (Å²) < 4.78 is 0. The lowest BCUT2D eigenvalue weighted by molar-refractivity contribution is -0.138. The summed E-state index contributed by atoms with van der Waals surface area (Å²) in [6.45, 7) is 11.3. The Kier molecular flexibility index (Phi) is 7.95. The molecule has 2 rings (SSSR count). The predicted molar refractivity (Wildman–Crippen MR) is 113 cm³/mol. The second kappa shape index (κ2) is 9.76. The van der Waals surface area contributed by atoms with Crippen molar-refractivity contribution in [3.63, 3.8) is 0 Å². The highest BCUT2D eigenvalue weighted by atomic mass is 16.2. The number of rotatable bonds is 7. The lowest BCUT2D eigenvalue weighted by atomic mass is 9.84. The first-order valence-electron chi connectivity index (χ1n) is 10.8. The molecule has 0 aromatic carbocycles. The maximum atomic E-state index is 12.8. The number of guanidine groups is 1. The van der Waals surface area contributed by atoms with Crippen molar-refractivity contribution in [2.75, 3.05) is 46.8 Å². The Bertz CT molecular complexity index is 503. The summed E-state index contributed by atoms with van der Waals surface area (Å²) in [5.74, 6) is 1.08. The van der Waals surface area contributed by atoms with Gasteiger partial charge >= 0.3 is 0 Å². The van der Waals surface area contributed by atoms with Gasteiger partial charge in [0, 0.05) is 32.7 Å². The standard InChI is InChI=1S/C21H41N5O/c1-6-22-19(23-16-20(2,3)26-14-10-7-11-15-26)24-17-21(12-8-9-13-21)18(27)25(4)5/h6-17H2,1-5H3,(H2,22,23,24). The van der Waals surface area contributed by atoms with Crippen LogP contribution in [0.4, 0.5) is 0 Å². The summed E-state index contributed by atoms with van der Waals surface area (Å²) in [7, 11) is 3.73. The van der Waals surface area contributed by atoms with Crippen LogP contribution in [0.15, 0.2) is 4.99 Å². The van der Waals surface area contributed by atoms with Gasteiger partial charge in [-0.3, -0.25) is 14.7 Å². The van der Waals surface area contributed by atoms with E-state index in [-0.39, 0.29) is 16.9 Å². The Labute approximate surface area is 166 Å². The van der Waals surface area contributed by atoms with Crippen LogP contribution in [0.5, 0.6) is 0 Å². The molecule has 0 bridgehead atoms. The number of nitrogens with zero attached hydrogens (tertiary/aromatic N) is 3. The van der Waals surface area contributed by atoms with Gasteiger partial charge in [-0.05, 0) is 59.5 Å². The molecule has 0 aromatic heterocycles. The predicted octanol–water partition coefficient (Wildman–Crippen LogP) is 2.45. The van der Waals surface area contributed by atoms with Crippen molar-refractivity contribution in [3.8, 4) is 0 Å². The summed E-state index contributed by atoms with van der Waals surface area (Å²) in [5, 5.41) is 6.85. The summed E-state index contributed by atoms with van der Waals surface area (Å²) in [4.78, 5) is 22.0. The Morgan fingerprint density at radius 3 is 2.26 bits per heavy atom. The monoisotopic (exact) mass is 379 g/mol. The zero-order chi connectivity index (χ0) is 19.9. The fourth-order valence-electron chi connectivity index (χ4n) is 4.46. The lowest BCUT2D eigenvalue weighted by Gasteiger charge is -2.40. The van der Waals surface area contributed by atoms with Gasteiger partial charge < -0.3 is 15.5 Å². The van der Waals surface area contributed by atoms with Gasteiger partial charge in [-0.1, -0.05) is 19.3 Å². The highest BCUT2D eigenvalue weighted by molar-refractivity contribution is 5.85. The molecule has 2 fully saturated rings. The minimum Gasteiger partial charge on any atom is -0.357 e. The van der Waals surface area contributed by atoms with Crippen molar-refractivity contribution in [1.82, 2.24) is 20.4 Å². The second-order valence-corrected chi connectivity index (χ2v) is 9.10. The van der Waals surface area contributed by atoms with E-state index >= 15 is 0 Å². The molecular formula is C21H41N5O. The van der Waals surface area contributed by atoms with Crippen LogP contribution in [-0.2, 0) is 4.79 Å². The second-order valence-electron chi connectivity index (χ2n) is 9.10. The van der Waals surface area contributed by atoms with E-state index in [0.29, 0.717) is 6.54 Å². The van der Waals surface area contributed by atoms with Crippen molar-refractivity contribution in [1.29, 1.82) is 0 Å². The van der Waals surface area contributed by atoms with Gasteiger partial charge in [0.05, 0.1) is 12.0 Å². The van der Waals surface area contributed by atoms with Crippen molar-refractivity contribution in [2.24, 2.45) is 10.4 Å². The number of piperidine rings is 1. The third-order valence-electron chi connectivity index (χ3n) is 6.20. The zero-order valence-electron chi connectivity index (χ0n) is 18.2. The molecule has 2 aliphatic rings.